The Morgan fingerprint density at radius 3 is 2.31 bits per heavy atom. The molecule has 4 rings (SSSR count). The highest BCUT2D eigenvalue weighted by atomic mass is 32.2. The van der Waals surface area contributed by atoms with Crippen molar-refractivity contribution in [3.8, 4) is 0 Å². The SMILES string of the molecule is O=C1CN(Cc2ccc(F)cc2)C2CS(=O)(=O)CC2N1c1ccccc1. The van der Waals surface area contributed by atoms with Crippen LogP contribution in [0.4, 0.5) is 10.1 Å². The molecule has 2 aliphatic heterocycles. The third kappa shape index (κ3) is 3.24. The van der Waals surface area contributed by atoms with E-state index in [1.165, 1.54) is 12.1 Å². The lowest BCUT2D eigenvalue weighted by molar-refractivity contribution is -0.123. The van der Waals surface area contributed by atoms with E-state index in [1.54, 1.807) is 17.0 Å². The number of carbonyl (C=O) groups excluding carboxylic acids is 1. The summed E-state index contributed by atoms with van der Waals surface area (Å²) in [6.45, 7) is 0.564. The summed E-state index contributed by atoms with van der Waals surface area (Å²) in [6, 6.07) is 14.6. The predicted molar refractivity (Wildman–Crippen MR) is 97.0 cm³/mol. The van der Waals surface area contributed by atoms with Gasteiger partial charge in [0, 0.05) is 18.3 Å². The van der Waals surface area contributed by atoms with Crippen molar-refractivity contribution < 1.29 is 17.6 Å². The van der Waals surface area contributed by atoms with E-state index in [4.69, 9.17) is 0 Å². The molecule has 0 aliphatic carbocycles. The minimum Gasteiger partial charge on any atom is -0.306 e. The predicted octanol–water partition coefficient (Wildman–Crippen LogP) is 1.84. The molecule has 2 atom stereocenters. The Hall–Kier alpha value is -2.25. The van der Waals surface area contributed by atoms with Gasteiger partial charge in [0.15, 0.2) is 9.84 Å². The molecule has 0 radical (unpaired) electrons. The van der Waals surface area contributed by atoms with Crippen molar-refractivity contribution in [1.29, 1.82) is 0 Å². The van der Waals surface area contributed by atoms with E-state index in [2.05, 4.69) is 0 Å². The van der Waals surface area contributed by atoms with Gasteiger partial charge in [-0.05, 0) is 29.8 Å². The molecule has 0 N–H and O–H groups in total. The second kappa shape index (κ2) is 6.48. The standard InChI is InChI=1S/C19H19FN2O3S/c20-15-8-6-14(7-9-15)10-21-11-19(23)22(16-4-2-1-3-5-16)18-13-26(24,25)12-17(18)21/h1-9,17-18H,10-13H2. The molecule has 0 spiro atoms. The average Bonchev–Trinajstić information content (AvgIpc) is 2.93. The molecule has 0 aromatic heterocycles. The fraction of sp³-hybridized carbons (Fsp3) is 0.316. The summed E-state index contributed by atoms with van der Waals surface area (Å²) < 4.78 is 37.7. The van der Waals surface area contributed by atoms with Crippen molar-refractivity contribution in [3.05, 3.63) is 66.0 Å². The molecule has 136 valence electrons. The van der Waals surface area contributed by atoms with E-state index in [0.29, 0.717) is 6.54 Å². The molecule has 7 heteroatoms. The first kappa shape index (κ1) is 17.2. The van der Waals surface area contributed by atoms with Gasteiger partial charge < -0.3 is 4.90 Å². The summed E-state index contributed by atoms with van der Waals surface area (Å²) in [5.74, 6) is -0.426. The highest BCUT2D eigenvalue weighted by molar-refractivity contribution is 7.91. The first-order valence-electron chi connectivity index (χ1n) is 8.49. The fourth-order valence-electron chi connectivity index (χ4n) is 3.88. The lowest BCUT2D eigenvalue weighted by atomic mass is 10.0. The van der Waals surface area contributed by atoms with Crippen LogP contribution in [0, 0.1) is 5.82 Å². The van der Waals surface area contributed by atoms with Crippen LogP contribution < -0.4 is 4.90 Å². The highest BCUT2D eigenvalue weighted by Gasteiger charge is 2.49. The largest absolute Gasteiger partial charge is 0.306 e. The van der Waals surface area contributed by atoms with Crippen molar-refractivity contribution in [2.75, 3.05) is 23.0 Å². The number of sulfone groups is 1. The molecule has 5 nitrogen and oxygen atoms in total. The highest BCUT2D eigenvalue weighted by Crippen LogP contribution is 2.32. The van der Waals surface area contributed by atoms with Crippen molar-refractivity contribution in [2.45, 2.75) is 18.6 Å². The van der Waals surface area contributed by atoms with Gasteiger partial charge in [0.2, 0.25) is 5.91 Å². The molecular weight excluding hydrogens is 355 g/mol. The molecule has 2 fully saturated rings. The average molecular weight is 374 g/mol. The van der Waals surface area contributed by atoms with Gasteiger partial charge >= 0.3 is 0 Å². The minimum atomic E-state index is -3.22. The zero-order chi connectivity index (χ0) is 18.3. The molecule has 2 unspecified atom stereocenters. The Kier molecular flexibility index (Phi) is 4.28. The number of fused-ring (bicyclic) bond motifs is 1. The number of para-hydroxylation sites is 1. The molecule has 2 heterocycles. The lowest BCUT2D eigenvalue weighted by Gasteiger charge is -2.43. The number of amides is 1. The summed E-state index contributed by atoms with van der Waals surface area (Å²) in [4.78, 5) is 16.4. The number of hydrogen-bond donors (Lipinski definition) is 0. The van der Waals surface area contributed by atoms with Gasteiger partial charge in [-0.3, -0.25) is 9.69 Å². The zero-order valence-corrected chi connectivity index (χ0v) is 14.9. The molecule has 0 bridgehead atoms. The van der Waals surface area contributed by atoms with Crippen molar-refractivity contribution in [2.24, 2.45) is 0 Å². The minimum absolute atomic E-state index is 0.0295. The molecule has 2 aromatic carbocycles. The number of benzene rings is 2. The molecule has 1 amide bonds. The van der Waals surface area contributed by atoms with Gasteiger partial charge in [0.05, 0.1) is 24.1 Å². The van der Waals surface area contributed by atoms with Gasteiger partial charge in [-0.1, -0.05) is 30.3 Å². The molecule has 2 saturated heterocycles. The van der Waals surface area contributed by atoms with Crippen LogP contribution in [0.3, 0.4) is 0 Å². The number of piperazine rings is 1. The van der Waals surface area contributed by atoms with E-state index in [1.807, 2.05) is 35.2 Å². The van der Waals surface area contributed by atoms with Crippen LogP contribution in [0.2, 0.25) is 0 Å². The van der Waals surface area contributed by atoms with E-state index >= 15 is 0 Å². The fourth-order valence-corrected chi connectivity index (χ4v) is 5.86. The molecular formula is C19H19FN2O3S. The summed E-state index contributed by atoms with van der Waals surface area (Å²) >= 11 is 0. The number of anilines is 1. The number of halogens is 1. The van der Waals surface area contributed by atoms with Gasteiger partial charge in [-0.25, -0.2) is 12.8 Å². The second-order valence-corrected chi connectivity index (χ2v) is 9.00. The van der Waals surface area contributed by atoms with Crippen LogP contribution in [-0.2, 0) is 21.2 Å². The number of hydrogen-bond acceptors (Lipinski definition) is 4. The van der Waals surface area contributed by atoms with E-state index in [9.17, 15) is 17.6 Å². The maximum atomic E-state index is 13.1. The third-order valence-corrected chi connectivity index (χ3v) is 6.73. The van der Waals surface area contributed by atoms with Crippen molar-refractivity contribution in [1.82, 2.24) is 4.90 Å². The van der Waals surface area contributed by atoms with Gasteiger partial charge in [-0.2, -0.15) is 0 Å². The molecule has 2 aromatic rings. The summed E-state index contributed by atoms with van der Waals surface area (Å²) in [5, 5.41) is 0. The third-order valence-electron chi connectivity index (χ3n) is 5.03. The summed E-state index contributed by atoms with van der Waals surface area (Å²) in [5.41, 5.74) is 1.58. The van der Waals surface area contributed by atoms with Crippen LogP contribution in [0.1, 0.15) is 5.56 Å². The van der Waals surface area contributed by atoms with E-state index < -0.39 is 15.9 Å². The van der Waals surface area contributed by atoms with Crippen LogP contribution in [0.5, 0.6) is 0 Å². The number of rotatable bonds is 3. The Balaban J connectivity index is 1.65. The van der Waals surface area contributed by atoms with Crippen LogP contribution in [0.15, 0.2) is 54.6 Å². The van der Waals surface area contributed by atoms with Crippen molar-refractivity contribution >= 4 is 21.4 Å². The Labute approximate surface area is 152 Å². The van der Waals surface area contributed by atoms with Gasteiger partial charge in [-0.15, -0.1) is 0 Å². The monoisotopic (exact) mass is 374 g/mol. The second-order valence-electron chi connectivity index (χ2n) is 6.84. The molecule has 2 aliphatic rings. The number of nitrogens with zero attached hydrogens (tertiary/aromatic N) is 2. The maximum absolute atomic E-state index is 13.1. The van der Waals surface area contributed by atoms with Crippen LogP contribution in [-0.4, -0.2) is 49.4 Å². The zero-order valence-electron chi connectivity index (χ0n) is 14.1. The normalized spacial score (nSPS) is 25.3. The Bertz CT molecular complexity index is 916. The Morgan fingerprint density at radius 1 is 0.962 bits per heavy atom. The van der Waals surface area contributed by atoms with Crippen LogP contribution >= 0.6 is 0 Å². The first-order valence-corrected chi connectivity index (χ1v) is 10.3. The van der Waals surface area contributed by atoms with E-state index in [-0.39, 0.29) is 35.8 Å². The summed E-state index contributed by atoms with van der Waals surface area (Å²) in [7, 11) is -3.22. The quantitative estimate of drug-likeness (QED) is 0.823. The summed E-state index contributed by atoms with van der Waals surface area (Å²) in [6.07, 6.45) is 0. The smallest absolute Gasteiger partial charge is 0.241 e. The molecule has 0 saturated carbocycles. The van der Waals surface area contributed by atoms with Crippen molar-refractivity contribution in [3.63, 3.8) is 0 Å². The lowest BCUT2D eigenvalue weighted by Crippen LogP contribution is -2.61. The van der Waals surface area contributed by atoms with Crippen LogP contribution in [0.25, 0.3) is 0 Å². The van der Waals surface area contributed by atoms with Gasteiger partial charge in [0.1, 0.15) is 5.82 Å². The maximum Gasteiger partial charge on any atom is 0.241 e. The topological polar surface area (TPSA) is 57.7 Å². The van der Waals surface area contributed by atoms with E-state index in [0.717, 1.165) is 11.3 Å². The number of carbonyl (C=O) groups is 1. The molecule has 26 heavy (non-hydrogen) atoms. The van der Waals surface area contributed by atoms with Gasteiger partial charge in [0.25, 0.3) is 0 Å². The Morgan fingerprint density at radius 2 is 1.62 bits per heavy atom. The first-order chi connectivity index (χ1) is 12.4.